The molecule has 0 saturated heterocycles. The molecular weight excluding hydrogens is 615 g/mol. The Balaban J connectivity index is 0. The Labute approximate surface area is 129 Å². The van der Waals surface area contributed by atoms with Crippen LogP contribution in [0.5, 0.6) is 0 Å². The third-order valence-corrected chi connectivity index (χ3v) is 0. The van der Waals surface area contributed by atoms with Crippen molar-refractivity contribution in [2.45, 2.75) is 0 Å². The van der Waals surface area contributed by atoms with E-state index >= 15 is 0 Å². The van der Waals surface area contributed by atoms with Crippen LogP contribution in [0.4, 0.5) is 0 Å². The van der Waals surface area contributed by atoms with Gasteiger partial charge >= 0.3 is 55.3 Å². The third kappa shape index (κ3) is 194. The van der Waals surface area contributed by atoms with Crippen LogP contribution in [0, 0.1) is 0 Å². The Morgan fingerprint density at radius 1 is 0.273 bits per heavy atom. The van der Waals surface area contributed by atoms with Crippen molar-refractivity contribution in [1.82, 2.24) is 0 Å². The van der Waals surface area contributed by atoms with Crippen LogP contribution in [0.15, 0.2) is 0 Å². The van der Waals surface area contributed by atoms with E-state index in [9.17, 15) is 0 Å². The maximum Gasteiger partial charge on any atom is 2.00 e. The first-order valence-electron chi connectivity index (χ1n) is 0. The minimum atomic E-state index is 0. The first-order chi connectivity index (χ1) is 0. The van der Waals surface area contributed by atoms with Crippen LogP contribution in [0.2, 0.25) is 0 Å². The first kappa shape index (κ1) is 294. The topological polar surface area (TPSA) is 200 Å². The zero-order valence-electron chi connectivity index (χ0n) is 5.17. The fourth-order valence-corrected chi connectivity index (χ4v) is 0. The molecule has 0 aliphatic heterocycles. The Morgan fingerprint density at radius 3 is 0.273 bits per heavy atom. The number of hydrogen-bond acceptors (Lipinski definition) is 0. The molecule has 2 radical (unpaired) electrons. The maximum absolute atomic E-state index is 0. The van der Waals surface area contributed by atoms with Gasteiger partial charge in [-0.15, -0.1) is 0 Å². The van der Waals surface area contributed by atoms with Crippen LogP contribution in [-0.4, -0.2) is 0 Å². The second-order valence-corrected chi connectivity index (χ2v) is 0. The van der Waals surface area contributed by atoms with Gasteiger partial charge in [-0.25, -0.2) is 0 Å². The van der Waals surface area contributed by atoms with E-state index < -0.39 is 0 Å². The van der Waals surface area contributed by atoms with Crippen LogP contribution in [0.1, 0.15) is 0 Å². The zero-order chi connectivity index (χ0) is 0. The van der Waals surface area contributed by atoms with Crippen LogP contribution in [0.25, 0.3) is 0 Å². The quantitative estimate of drug-likeness (QED) is 0.307. The molecule has 0 bridgehead atoms. The average molecular weight is 615 g/mol. The minimum Gasteiger partial charge on any atom is -2.00 e. The van der Waals surface area contributed by atoms with Gasteiger partial charge in [-0.2, -0.15) is 0 Å². The summed E-state index contributed by atoms with van der Waals surface area (Å²) in [6.45, 7) is 0. The van der Waals surface area contributed by atoms with Gasteiger partial charge in [-0.05, 0) is 0 Å². The summed E-state index contributed by atoms with van der Waals surface area (Å²) in [5.74, 6) is 0. The standard InChI is InChI=1S/2Hg.7O.2V/q2*+2;7*-2;;. The van der Waals surface area contributed by atoms with Crippen LogP contribution < -0.4 is 0 Å². The molecule has 0 unspecified atom stereocenters. The summed E-state index contributed by atoms with van der Waals surface area (Å²) in [5, 5.41) is 0. The van der Waals surface area contributed by atoms with E-state index in [0.717, 1.165) is 0 Å². The smallest absolute Gasteiger partial charge is 2.00 e. The Bertz CT molecular complexity index is 14.4. The van der Waals surface area contributed by atoms with E-state index in [4.69, 9.17) is 0 Å². The van der Waals surface area contributed by atoms with Crippen molar-refractivity contribution < 1.29 is 131 Å². The van der Waals surface area contributed by atoms with Gasteiger partial charge in [-0.3, -0.25) is 0 Å². The van der Waals surface area contributed by atoms with Gasteiger partial charge in [0, 0.05) is 37.1 Å². The number of rotatable bonds is 0. The van der Waals surface area contributed by atoms with Crippen LogP contribution in [-0.2, 0) is 131 Å². The van der Waals surface area contributed by atoms with Gasteiger partial charge in [0.1, 0.15) is 0 Å². The summed E-state index contributed by atoms with van der Waals surface area (Å²) >= 11 is 0. The molecule has 0 heterocycles. The van der Waals surface area contributed by atoms with Crippen molar-refractivity contribution in [3.8, 4) is 0 Å². The Morgan fingerprint density at radius 2 is 0.273 bits per heavy atom. The van der Waals surface area contributed by atoms with Crippen molar-refractivity contribution >= 4 is 0 Å². The van der Waals surface area contributed by atoms with E-state index in [1.54, 1.807) is 0 Å². The third-order valence-electron chi connectivity index (χ3n) is 0. The van der Waals surface area contributed by atoms with E-state index in [2.05, 4.69) is 0 Å². The molecule has 0 spiro atoms. The largest absolute Gasteiger partial charge is 2.00 e. The van der Waals surface area contributed by atoms with Crippen molar-refractivity contribution in [3.05, 3.63) is 0 Å². The summed E-state index contributed by atoms with van der Waals surface area (Å²) in [4.78, 5) is 0. The maximum atomic E-state index is 0. The predicted molar refractivity (Wildman–Crippen MR) is 4.81 cm³/mol. The molecule has 0 aliphatic carbocycles. The van der Waals surface area contributed by atoms with Crippen molar-refractivity contribution in [3.63, 3.8) is 0 Å². The molecule has 66 valence electrons. The normalized spacial score (nSPS) is 0. The van der Waals surface area contributed by atoms with Gasteiger partial charge in [0.05, 0.1) is 0 Å². The van der Waals surface area contributed by atoms with Gasteiger partial charge in [0.25, 0.3) is 0 Å². The van der Waals surface area contributed by atoms with Gasteiger partial charge < -0.3 is 38.3 Å². The van der Waals surface area contributed by atoms with Gasteiger partial charge in [0.2, 0.25) is 0 Å². The van der Waals surface area contributed by atoms with E-state index in [-0.39, 0.29) is 131 Å². The SMILES string of the molecule is [Hg+2].[Hg+2].[O-2].[O-2].[O-2].[O-2].[O-2].[O-2].[O-2].[V].[V]. The molecule has 0 aromatic rings. The fourth-order valence-electron chi connectivity index (χ4n) is 0. The summed E-state index contributed by atoms with van der Waals surface area (Å²) in [7, 11) is 0. The van der Waals surface area contributed by atoms with E-state index in [1.807, 2.05) is 0 Å². The molecule has 0 atom stereocenters. The molecule has 0 aromatic heterocycles. The summed E-state index contributed by atoms with van der Waals surface area (Å²) in [6.07, 6.45) is 0. The summed E-state index contributed by atoms with van der Waals surface area (Å²) in [5.41, 5.74) is 0. The molecule has 11 heteroatoms. The fraction of sp³-hybridized carbons (Fsp3) is 0. The molecular formula is Hg2O7V2-10. The van der Waals surface area contributed by atoms with E-state index in [1.165, 1.54) is 0 Å². The molecule has 7 nitrogen and oxygen atoms in total. The molecule has 0 saturated carbocycles. The van der Waals surface area contributed by atoms with Crippen molar-refractivity contribution in [2.24, 2.45) is 0 Å². The van der Waals surface area contributed by atoms with E-state index in [0.29, 0.717) is 0 Å². The predicted octanol–water partition coefficient (Wildman–Crippen LogP) is -0.842. The van der Waals surface area contributed by atoms with Crippen LogP contribution in [0.3, 0.4) is 0 Å². The van der Waals surface area contributed by atoms with Crippen molar-refractivity contribution in [1.29, 1.82) is 0 Å². The molecule has 0 aromatic carbocycles. The molecule has 0 rings (SSSR count). The second kappa shape index (κ2) is 232. The average Bonchev–Trinajstić information content (AvgIpc) is 0. The van der Waals surface area contributed by atoms with Crippen molar-refractivity contribution in [2.75, 3.05) is 0 Å². The Hall–Kier alpha value is 2.76. The monoisotopic (exact) mass is 618 g/mol. The zero-order valence-corrected chi connectivity index (χ0v) is 19.0. The Kier molecular flexibility index (Phi) is 6200. The first-order valence-corrected chi connectivity index (χ1v) is 0. The van der Waals surface area contributed by atoms with Crippen LogP contribution >= 0.6 is 0 Å². The molecule has 0 amide bonds. The summed E-state index contributed by atoms with van der Waals surface area (Å²) in [6, 6.07) is 0. The number of hydrogen-bond donors (Lipinski definition) is 0. The minimum absolute atomic E-state index is 0. The summed E-state index contributed by atoms with van der Waals surface area (Å²) < 4.78 is 0. The van der Waals surface area contributed by atoms with Gasteiger partial charge in [-0.1, -0.05) is 0 Å². The molecule has 0 fully saturated rings. The molecule has 0 aliphatic rings. The van der Waals surface area contributed by atoms with Gasteiger partial charge in [0.15, 0.2) is 0 Å². The second-order valence-electron chi connectivity index (χ2n) is 0. The molecule has 11 heavy (non-hydrogen) atoms. The molecule has 0 N–H and O–H groups in total.